The highest BCUT2D eigenvalue weighted by molar-refractivity contribution is 5.79. The predicted octanol–water partition coefficient (Wildman–Crippen LogP) is 1.26. The molecule has 1 saturated carbocycles. The summed E-state index contributed by atoms with van der Waals surface area (Å²) < 4.78 is 0. The molecule has 11 heavy (non-hydrogen) atoms. The zero-order valence-corrected chi connectivity index (χ0v) is 7.05. The molecule has 1 heterocycles. The van der Waals surface area contributed by atoms with E-state index >= 15 is 0 Å². The van der Waals surface area contributed by atoms with E-state index in [1.54, 1.807) is 0 Å². The lowest BCUT2D eigenvalue weighted by Crippen LogP contribution is -2.45. The molecule has 0 spiro atoms. The molecule has 1 atom stereocenters. The number of carbonyl (C=O) groups is 1. The third-order valence-corrected chi connectivity index (χ3v) is 2.89. The highest BCUT2D eigenvalue weighted by atomic mass is 16.2. The number of hydrogen-bond acceptors (Lipinski definition) is 1. The van der Waals surface area contributed by atoms with E-state index in [0.29, 0.717) is 11.8 Å². The number of nitrogens with zero attached hydrogens (tertiary/aromatic N) is 1. The van der Waals surface area contributed by atoms with Gasteiger partial charge in [-0.05, 0) is 25.2 Å². The SMILES string of the molecule is CC(C(=O)N1CCC1)C1CC1. The van der Waals surface area contributed by atoms with Gasteiger partial charge in [0, 0.05) is 19.0 Å². The van der Waals surface area contributed by atoms with Crippen molar-refractivity contribution in [1.82, 2.24) is 4.90 Å². The van der Waals surface area contributed by atoms with Gasteiger partial charge >= 0.3 is 0 Å². The summed E-state index contributed by atoms with van der Waals surface area (Å²) >= 11 is 0. The summed E-state index contributed by atoms with van der Waals surface area (Å²) in [4.78, 5) is 13.5. The quantitative estimate of drug-likeness (QED) is 0.585. The lowest BCUT2D eigenvalue weighted by Gasteiger charge is -2.33. The summed E-state index contributed by atoms with van der Waals surface area (Å²) in [5.41, 5.74) is 0. The Balaban J connectivity index is 1.86. The molecule has 2 heteroatoms. The lowest BCUT2D eigenvalue weighted by atomic mass is 10.0. The molecule has 1 unspecified atom stereocenters. The van der Waals surface area contributed by atoms with Gasteiger partial charge in [-0.15, -0.1) is 0 Å². The zero-order chi connectivity index (χ0) is 7.84. The first-order chi connectivity index (χ1) is 5.29. The Hall–Kier alpha value is -0.530. The third kappa shape index (κ3) is 1.26. The maximum atomic E-state index is 11.5. The molecule has 1 aliphatic carbocycles. The Labute approximate surface area is 67.6 Å². The number of likely N-dealkylation sites (tertiary alicyclic amines) is 1. The van der Waals surface area contributed by atoms with Crippen molar-refractivity contribution < 1.29 is 4.79 Å². The van der Waals surface area contributed by atoms with E-state index in [4.69, 9.17) is 0 Å². The lowest BCUT2D eigenvalue weighted by molar-refractivity contribution is -0.139. The van der Waals surface area contributed by atoms with Gasteiger partial charge < -0.3 is 4.90 Å². The fraction of sp³-hybridized carbons (Fsp3) is 0.889. The first-order valence-corrected chi connectivity index (χ1v) is 4.58. The highest BCUT2D eigenvalue weighted by Gasteiger charge is 2.36. The van der Waals surface area contributed by atoms with Crippen molar-refractivity contribution in [2.75, 3.05) is 13.1 Å². The van der Waals surface area contributed by atoms with Crippen LogP contribution in [-0.4, -0.2) is 23.9 Å². The first kappa shape index (κ1) is 7.14. The molecule has 62 valence electrons. The minimum Gasteiger partial charge on any atom is -0.342 e. The normalized spacial score (nSPS) is 26.1. The van der Waals surface area contributed by atoms with Gasteiger partial charge in [-0.1, -0.05) is 6.92 Å². The molecular formula is C9H15NO. The van der Waals surface area contributed by atoms with Crippen LogP contribution in [0, 0.1) is 11.8 Å². The van der Waals surface area contributed by atoms with Crippen molar-refractivity contribution in [2.24, 2.45) is 11.8 Å². The summed E-state index contributed by atoms with van der Waals surface area (Å²) in [5, 5.41) is 0. The van der Waals surface area contributed by atoms with Crippen LogP contribution in [-0.2, 0) is 4.79 Å². The van der Waals surface area contributed by atoms with Crippen molar-refractivity contribution in [1.29, 1.82) is 0 Å². The van der Waals surface area contributed by atoms with Gasteiger partial charge in [0.2, 0.25) is 5.91 Å². The second kappa shape index (κ2) is 2.50. The van der Waals surface area contributed by atoms with E-state index in [9.17, 15) is 4.79 Å². The number of carbonyl (C=O) groups excluding carboxylic acids is 1. The van der Waals surface area contributed by atoms with Gasteiger partial charge in [0.1, 0.15) is 0 Å². The van der Waals surface area contributed by atoms with Crippen molar-refractivity contribution in [3.63, 3.8) is 0 Å². The summed E-state index contributed by atoms with van der Waals surface area (Å²) in [6, 6.07) is 0. The number of amides is 1. The summed E-state index contributed by atoms with van der Waals surface area (Å²) in [5.74, 6) is 1.44. The highest BCUT2D eigenvalue weighted by Crippen LogP contribution is 2.37. The molecule has 0 N–H and O–H groups in total. The Kier molecular flexibility index (Phi) is 1.63. The summed E-state index contributed by atoms with van der Waals surface area (Å²) in [6.07, 6.45) is 3.77. The number of hydrogen-bond donors (Lipinski definition) is 0. The molecule has 0 radical (unpaired) electrons. The van der Waals surface area contributed by atoms with Crippen LogP contribution in [0.1, 0.15) is 26.2 Å². The molecule has 2 rings (SSSR count). The van der Waals surface area contributed by atoms with Crippen LogP contribution in [0.4, 0.5) is 0 Å². The van der Waals surface area contributed by atoms with Crippen molar-refractivity contribution >= 4 is 5.91 Å². The van der Waals surface area contributed by atoms with E-state index in [1.165, 1.54) is 19.3 Å². The monoisotopic (exact) mass is 153 g/mol. The van der Waals surface area contributed by atoms with Gasteiger partial charge in [0.05, 0.1) is 0 Å². The van der Waals surface area contributed by atoms with E-state index in [0.717, 1.165) is 19.0 Å². The maximum absolute atomic E-state index is 11.5. The standard InChI is InChI=1S/C9H15NO/c1-7(8-3-4-8)9(11)10-5-2-6-10/h7-8H,2-6H2,1H3. The molecule has 1 amide bonds. The molecule has 2 fully saturated rings. The van der Waals surface area contributed by atoms with Crippen LogP contribution in [0.25, 0.3) is 0 Å². The van der Waals surface area contributed by atoms with Crippen LogP contribution < -0.4 is 0 Å². The molecule has 0 bridgehead atoms. The van der Waals surface area contributed by atoms with Crippen molar-refractivity contribution in [3.05, 3.63) is 0 Å². The van der Waals surface area contributed by atoms with E-state index in [2.05, 4.69) is 6.92 Å². The van der Waals surface area contributed by atoms with Gasteiger partial charge in [-0.3, -0.25) is 4.79 Å². The minimum atomic E-state index is 0.315. The molecule has 0 aromatic rings. The smallest absolute Gasteiger partial charge is 0.225 e. The van der Waals surface area contributed by atoms with E-state index in [1.807, 2.05) is 4.90 Å². The van der Waals surface area contributed by atoms with Crippen LogP contribution in [0.15, 0.2) is 0 Å². The molecular weight excluding hydrogens is 138 g/mol. The molecule has 1 aliphatic heterocycles. The van der Waals surface area contributed by atoms with Gasteiger partial charge in [-0.2, -0.15) is 0 Å². The average molecular weight is 153 g/mol. The molecule has 2 aliphatic rings. The summed E-state index contributed by atoms with van der Waals surface area (Å²) in [7, 11) is 0. The van der Waals surface area contributed by atoms with Gasteiger partial charge in [0.25, 0.3) is 0 Å². The minimum absolute atomic E-state index is 0.315. The Morgan fingerprint density at radius 3 is 2.45 bits per heavy atom. The first-order valence-electron chi connectivity index (χ1n) is 4.58. The second-order valence-corrected chi connectivity index (χ2v) is 3.80. The molecule has 1 saturated heterocycles. The molecule has 0 aromatic carbocycles. The largest absolute Gasteiger partial charge is 0.342 e. The van der Waals surface area contributed by atoms with Crippen LogP contribution in [0.5, 0.6) is 0 Å². The molecule has 0 aromatic heterocycles. The zero-order valence-electron chi connectivity index (χ0n) is 7.05. The summed E-state index contributed by atoms with van der Waals surface area (Å²) in [6.45, 7) is 4.10. The molecule has 2 nitrogen and oxygen atoms in total. The predicted molar refractivity (Wildman–Crippen MR) is 43.1 cm³/mol. The van der Waals surface area contributed by atoms with E-state index in [-0.39, 0.29) is 0 Å². The average Bonchev–Trinajstić information content (AvgIpc) is 2.62. The van der Waals surface area contributed by atoms with Crippen LogP contribution in [0.3, 0.4) is 0 Å². The van der Waals surface area contributed by atoms with E-state index < -0.39 is 0 Å². The second-order valence-electron chi connectivity index (χ2n) is 3.80. The maximum Gasteiger partial charge on any atom is 0.225 e. The fourth-order valence-electron chi connectivity index (χ4n) is 1.62. The Morgan fingerprint density at radius 2 is 2.09 bits per heavy atom. The third-order valence-electron chi connectivity index (χ3n) is 2.89. The Bertz CT molecular complexity index is 170. The van der Waals surface area contributed by atoms with Gasteiger partial charge in [-0.25, -0.2) is 0 Å². The fourth-order valence-corrected chi connectivity index (χ4v) is 1.62. The van der Waals surface area contributed by atoms with Crippen LogP contribution in [0.2, 0.25) is 0 Å². The number of rotatable bonds is 2. The van der Waals surface area contributed by atoms with Gasteiger partial charge in [0.15, 0.2) is 0 Å². The van der Waals surface area contributed by atoms with Crippen molar-refractivity contribution in [3.8, 4) is 0 Å². The topological polar surface area (TPSA) is 20.3 Å². The van der Waals surface area contributed by atoms with Crippen molar-refractivity contribution in [2.45, 2.75) is 26.2 Å². The van der Waals surface area contributed by atoms with Crippen LogP contribution >= 0.6 is 0 Å². The Morgan fingerprint density at radius 1 is 1.45 bits per heavy atom.